The number of halogens is 1. The van der Waals surface area contributed by atoms with Crippen LogP contribution in [0.4, 0.5) is 22.0 Å². The maximum Gasteiger partial charge on any atom is 0.410 e. The fourth-order valence-electron chi connectivity index (χ4n) is 6.22. The second-order valence-electron chi connectivity index (χ2n) is 11.3. The molecule has 0 atom stereocenters. The number of hydrogen-bond acceptors (Lipinski definition) is 9. The Morgan fingerprint density at radius 1 is 0.952 bits per heavy atom. The molecule has 3 fully saturated rings. The van der Waals surface area contributed by atoms with E-state index in [4.69, 9.17) is 26.8 Å². The Morgan fingerprint density at radius 3 is 2.52 bits per heavy atom. The molecule has 2 aromatic carbocycles. The van der Waals surface area contributed by atoms with Crippen molar-refractivity contribution >= 4 is 34.9 Å². The molecule has 3 aromatic rings. The number of amides is 1. The van der Waals surface area contributed by atoms with E-state index >= 15 is 0 Å². The van der Waals surface area contributed by atoms with Gasteiger partial charge in [-0.05, 0) is 37.0 Å². The number of rotatable bonds is 8. The van der Waals surface area contributed by atoms with Crippen molar-refractivity contribution in [2.24, 2.45) is 0 Å². The highest BCUT2D eigenvalue weighted by Crippen LogP contribution is 2.44. The van der Waals surface area contributed by atoms with E-state index in [0.29, 0.717) is 37.3 Å². The van der Waals surface area contributed by atoms with Gasteiger partial charge in [-0.1, -0.05) is 48.0 Å². The molecule has 3 heterocycles. The van der Waals surface area contributed by atoms with Crippen molar-refractivity contribution < 1.29 is 14.3 Å². The van der Waals surface area contributed by atoms with Crippen LogP contribution in [0.15, 0.2) is 60.7 Å². The first-order valence-corrected chi connectivity index (χ1v) is 15.1. The topological polar surface area (TPSA) is 100 Å². The number of ether oxygens (including phenoxy) is 2. The molecule has 3 aliphatic rings. The molecule has 2 aliphatic heterocycles. The first-order valence-electron chi connectivity index (χ1n) is 14.7. The second kappa shape index (κ2) is 12.6. The first-order chi connectivity index (χ1) is 20.5. The molecule has 1 saturated carbocycles. The minimum absolute atomic E-state index is 0.0565. The second-order valence-corrected chi connectivity index (χ2v) is 11.7. The molecule has 222 valence electrons. The van der Waals surface area contributed by atoms with Crippen LogP contribution in [-0.2, 0) is 11.3 Å². The smallest absolute Gasteiger partial charge is 0.410 e. The summed E-state index contributed by atoms with van der Waals surface area (Å²) in [6, 6.07) is 20.0. The van der Waals surface area contributed by atoms with E-state index in [9.17, 15) is 4.79 Å². The predicted molar refractivity (Wildman–Crippen MR) is 164 cm³/mol. The van der Waals surface area contributed by atoms with Crippen LogP contribution in [0, 0.1) is 0 Å². The van der Waals surface area contributed by atoms with Crippen LogP contribution in [0.25, 0.3) is 0 Å². The van der Waals surface area contributed by atoms with Gasteiger partial charge >= 0.3 is 6.09 Å². The normalized spacial score (nSPS) is 18.5. The number of carbonyl (C=O) groups is 1. The monoisotopic (exact) mass is 591 g/mol. The van der Waals surface area contributed by atoms with Gasteiger partial charge in [-0.3, -0.25) is 4.90 Å². The molecular formula is C31H38ClN7O3. The number of benzene rings is 2. The SMILES string of the molecule is Nc1nnc(Cl)cc1N1CCN(c2cccc(OCCN3CCN(C(=O)OCc4ccccc4)CC3)c2)C2(CCC2)C1. The molecule has 42 heavy (non-hydrogen) atoms. The average Bonchev–Trinajstić information content (AvgIpc) is 3.01. The summed E-state index contributed by atoms with van der Waals surface area (Å²) in [6.45, 7) is 7.20. The van der Waals surface area contributed by atoms with Crippen molar-refractivity contribution in [3.05, 3.63) is 71.4 Å². The summed E-state index contributed by atoms with van der Waals surface area (Å²) in [7, 11) is 0. The molecule has 6 rings (SSSR count). The number of nitrogens with two attached hydrogens (primary N) is 1. The van der Waals surface area contributed by atoms with Crippen molar-refractivity contribution in [2.45, 2.75) is 31.4 Å². The van der Waals surface area contributed by atoms with Crippen molar-refractivity contribution in [3.8, 4) is 5.75 Å². The number of nitrogens with zero attached hydrogens (tertiary/aromatic N) is 6. The minimum Gasteiger partial charge on any atom is -0.492 e. The van der Waals surface area contributed by atoms with E-state index < -0.39 is 0 Å². The number of anilines is 3. The van der Waals surface area contributed by atoms with Gasteiger partial charge in [-0.2, -0.15) is 0 Å². The summed E-state index contributed by atoms with van der Waals surface area (Å²) >= 11 is 6.13. The third-order valence-electron chi connectivity index (χ3n) is 8.69. The van der Waals surface area contributed by atoms with Crippen LogP contribution in [0.1, 0.15) is 24.8 Å². The van der Waals surface area contributed by atoms with E-state index in [1.165, 1.54) is 12.1 Å². The molecule has 2 N–H and O–H groups in total. The van der Waals surface area contributed by atoms with Gasteiger partial charge in [0.05, 0.1) is 11.2 Å². The zero-order valence-corrected chi connectivity index (χ0v) is 24.6. The van der Waals surface area contributed by atoms with Gasteiger partial charge in [-0.15, -0.1) is 10.2 Å². The van der Waals surface area contributed by atoms with Crippen molar-refractivity contribution in [1.29, 1.82) is 0 Å². The third-order valence-corrected chi connectivity index (χ3v) is 8.87. The Kier molecular flexibility index (Phi) is 8.53. The molecule has 0 unspecified atom stereocenters. The van der Waals surface area contributed by atoms with Crippen LogP contribution >= 0.6 is 11.6 Å². The highest BCUT2D eigenvalue weighted by Gasteiger charge is 2.47. The molecule has 0 radical (unpaired) electrons. The molecule has 1 amide bonds. The van der Waals surface area contributed by atoms with Gasteiger partial charge in [0.2, 0.25) is 0 Å². The molecule has 2 saturated heterocycles. The lowest BCUT2D eigenvalue weighted by molar-refractivity contribution is 0.0684. The standard InChI is InChI=1S/C31H38ClN7O3/c32-28-21-27(29(33)35-34-28)38-16-17-39(31(23-38)10-5-11-31)25-8-4-9-26(20-25)41-19-18-36-12-14-37(15-13-36)30(40)42-22-24-6-2-1-3-7-24/h1-4,6-9,20-21H,5,10-19,22-23H2,(H2,33,35). The Balaban J connectivity index is 0.982. The number of hydrogen-bond donors (Lipinski definition) is 1. The van der Waals surface area contributed by atoms with Gasteiger partial charge in [0.1, 0.15) is 19.0 Å². The Labute approximate surface area is 251 Å². The van der Waals surface area contributed by atoms with E-state index in [1.54, 1.807) is 4.90 Å². The average molecular weight is 592 g/mol. The maximum atomic E-state index is 12.5. The summed E-state index contributed by atoms with van der Waals surface area (Å²) in [4.78, 5) is 21.4. The third kappa shape index (κ3) is 6.34. The summed E-state index contributed by atoms with van der Waals surface area (Å²) in [5.41, 5.74) is 9.26. The zero-order valence-electron chi connectivity index (χ0n) is 23.8. The quantitative estimate of drug-likeness (QED) is 0.411. The highest BCUT2D eigenvalue weighted by atomic mass is 35.5. The predicted octanol–water partition coefficient (Wildman–Crippen LogP) is 4.29. The lowest BCUT2D eigenvalue weighted by atomic mass is 9.73. The van der Waals surface area contributed by atoms with Gasteiger partial charge in [0.15, 0.2) is 11.0 Å². The lowest BCUT2D eigenvalue weighted by Gasteiger charge is -2.57. The van der Waals surface area contributed by atoms with Crippen molar-refractivity contribution in [3.63, 3.8) is 0 Å². The summed E-state index contributed by atoms with van der Waals surface area (Å²) in [6.07, 6.45) is 3.23. The molecule has 11 heteroatoms. The fraction of sp³-hybridized carbons (Fsp3) is 0.452. The van der Waals surface area contributed by atoms with Crippen molar-refractivity contribution in [2.75, 3.05) is 74.5 Å². The van der Waals surface area contributed by atoms with Crippen LogP contribution in [0.5, 0.6) is 5.75 Å². The largest absolute Gasteiger partial charge is 0.492 e. The van der Waals surface area contributed by atoms with Crippen LogP contribution in [0.3, 0.4) is 0 Å². The molecule has 10 nitrogen and oxygen atoms in total. The lowest BCUT2D eigenvalue weighted by Crippen LogP contribution is -2.66. The molecular weight excluding hydrogens is 554 g/mol. The van der Waals surface area contributed by atoms with Crippen molar-refractivity contribution in [1.82, 2.24) is 20.0 Å². The Morgan fingerprint density at radius 2 is 1.76 bits per heavy atom. The molecule has 1 spiro atoms. The van der Waals surface area contributed by atoms with E-state index in [2.05, 4.69) is 43.1 Å². The van der Waals surface area contributed by atoms with Crippen LogP contribution < -0.4 is 20.3 Å². The van der Waals surface area contributed by atoms with E-state index in [1.807, 2.05) is 42.5 Å². The molecule has 0 bridgehead atoms. The van der Waals surface area contributed by atoms with Gasteiger partial charge in [-0.25, -0.2) is 4.79 Å². The maximum absolute atomic E-state index is 12.5. The van der Waals surface area contributed by atoms with Gasteiger partial charge in [0.25, 0.3) is 0 Å². The first kappa shape index (κ1) is 28.4. The van der Waals surface area contributed by atoms with Gasteiger partial charge in [0, 0.05) is 70.2 Å². The van der Waals surface area contributed by atoms with Gasteiger partial charge < -0.3 is 29.9 Å². The van der Waals surface area contributed by atoms with E-state index in [-0.39, 0.29) is 11.6 Å². The molecule has 1 aromatic heterocycles. The summed E-state index contributed by atoms with van der Waals surface area (Å²) < 4.78 is 11.7. The number of aromatic nitrogens is 2. The number of carbonyl (C=O) groups excluding carboxylic acids is 1. The number of piperazine rings is 2. The summed E-state index contributed by atoms with van der Waals surface area (Å²) in [5, 5.41) is 8.26. The fourth-order valence-corrected chi connectivity index (χ4v) is 6.36. The minimum atomic E-state index is -0.249. The zero-order chi connectivity index (χ0) is 28.9. The highest BCUT2D eigenvalue weighted by molar-refractivity contribution is 6.29. The molecule has 1 aliphatic carbocycles. The van der Waals surface area contributed by atoms with Crippen LogP contribution in [-0.4, -0.2) is 90.6 Å². The van der Waals surface area contributed by atoms with E-state index in [0.717, 1.165) is 69.1 Å². The Bertz CT molecular complexity index is 1370. The number of nitrogen functional groups attached to an aromatic ring is 1. The summed E-state index contributed by atoms with van der Waals surface area (Å²) in [5.74, 6) is 1.30. The van der Waals surface area contributed by atoms with Crippen LogP contribution in [0.2, 0.25) is 5.15 Å². The Hall–Kier alpha value is -3.76.